The maximum absolute atomic E-state index is 11.8. The summed E-state index contributed by atoms with van der Waals surface area (Å²) in [5.41, 5.74) is 2.64. The van der Waals surface area contributed by atoms with Crippen LogP contribution >= 0.6 is 0 Å². The minimum absolute atomic E-state index is 0.172. The smallest absolute Gasteiger partial charge is 0.225 e. The Bertz CT molecular complexity index is 421. The highest BCUT2D eigenvalue weighted by Gasteiger charge is 2.25. The maximum Gasteiger partial charge on any atom is 0.225 e. The summed E-state index contributed by atoms with van der Waals surface area (Å²) in [7, 11) is 0. The van der Waals surface area contributed by atoms with Crippen LogP contribution in [-0.4, -0.2) is 25.0 Å². The molecule has 0 saturated carbocycles. The second-order valence-corrected chi connectivity index (χ2v) is 5.87. The molecule has 0 spiro atoms. The molecule has 1 aliphatic heterocycles. The molecule has 0 aliphatic carbocycles. The number of hydrogen-bond acceptors (Lipinski definition) is 2. The van der Waals surface area contributed by atoms with Gasteiger partial charge in [0.25, 0.3) is 0 Å². The van der Waals surface area contributed by atoms with E-state index < -0.39 is 0 Å². The summed E-state index contributed by atoms with van der Waals surface area (Å²) in [5, 5.41) is 6.21. The van der Waals surface area contributed by atoms with E-state index in [4.69, 9.17) is 0 Å². The van der Waals surface area contributed by atoms with Crippen molar-refractivity contribution in [1.29, 1.82) is 0 Å². The van der Waals surface area contributed by atoms with Crippen LogP contribution in [0.4, 0.5) is 0 Å². The van der Waals surface area contributed by atoms with Crippen molar-refractivity contribution in [3.8, 4) is 0 Å². The highest BCUT2D eigenvalue weighted by atomic mass is 16.2. The van der Waals surface area contributed by atoms with Gasteiger partial charge in [-0.15, -0.1) is 0 Å². The fourth-order valence-electron chi connectivity index (χ4n) is 2.28. The van der Waals surface area contributed by atoms with Crippen molar-refractivity contribution in [2.24, 2.45) is 5.92 Å². The molecular weight excluding hydrogens is 236 g/mol. The van der Waals surface area contributed by atoms with Gasteiger partial charge in [0.05, 0.1) is 5.92 Å². The minimum Gasteiger partial charge on any atom is -0.353 e. The molecule has 3 nitrogen and oxygen atoms in total. The summed E-state index contributed by atoms with van der Waals surface area (Å²) < 4.78 is 0. The van der Waals surface area contributed by atoms with Crippen molar-refractivity contribution < 1.29 is 4.79 Å². The van der Waals surface area contributed by atoms with Crippen LogP contribution in [0.15, 0.2) is 24.3 Å². The Morgan fingerprint density at radius 3 is 2.37 bits per heavy atom. The van der Waals surface area contributed by atoms with Gasteiger partial charge in [0.2, 0.25) is 5.91 Å². The monoisotopic (exact) mass is 260 g/mol. The predicted octanol–water partition coefficient (Wildman–Crippen LogP) is 2.08. The van der Waals surface area contributed by atoms with Crippen molar-refractivity contribution in [2.75, 3.05) is 13.1 Å². The van der Waals surface area contributed by atoms with Crippen LogP contribution < -0.4 is 10.6 Å². The Labute approximate surface area is 115 Å². The molecule has 0 bridgehead atoms. The van der Waals surface area contributed by atoms with E-state index in [9.17, 15) is 4.79 Å². The number of amides is 1. The fourth-order valence-corrected chi connectivity index (χ4v) is 2.28. The van der Waals surface area contributed by atoms with Crippen molar-refractivity contribution in [3.63, 3.8) is 0 Å². The summed E-state index contributed by atoms with van der Waals surface area (Å²) in [4.78, 5) is 11.8. The Hall–Kier alpha value is -1.35. The molecule has 1 amide bonds. The molecule has 0 aromatic heterocycles. The third kappa shape index (κ3) is 3.80. The first-order valence-electron chi connectivity index (χ1n) is 7.16. The molecule has 19 heavy (non-hydrogen) atoms. The second-order valence-electron chi connectivity index (χ2n) is 5.87. The number of carbonyl (C=O) groups excluding carboxylic acids is 1. The number of benzene rings is 1. The molecule has 1 aromatic rings. The largest absolute Gasteiger partial charge is 0.353 e. The van der Waals surface area contributed by atoms with E-state index in [1.807, 2.05) is 0 Å². The Kier molecular flexibility index (Phi) is 4.59. The molecule has 104 valence electrons. The summed E-state index contributed by atoms with van der Waals surface area (Å²) in [5.74, 6) is 0.924. The predicted molar refractivity (Wildman–Crippen MR) is 78.2 cm³/mol. The van der Waals surface area contributed by atoms with Gasteiger partial charge < -0.3 is 10.6 Å². The lowest BCUT2D eigenvalue weighted by molar-refractivity contribution is -0.127. The van der Waals surface area contributed by atoms with E-state index in [1.165, 1.54) is 11.1 Å². The van der Waals surface area contributed by atoms with Crippen LogP contribution in [0.2, 0.25) is 0 Å². The van der Waals surface area contributed by atoms with Crippen molar-refractivity contribution >= 4 is 5.91 Å². The van der Waals surface area contributed by atoms with Crippen molar-refractivity contribution in [3.05, 3.63) is 35.4 Å². The molecule has 2 N–H and O–H groups in total. The van der Waals surface area contributed by atoms with Gasteiger partial charge in [-0.3, -0.25) is 4.79 Å². The quantitative estimate of drug-likeness (QED) is 0.851. The molecular formula is C16H24N2O. The Morgan fingerprint density at radius 1 is 1.26 bits per heavy atom. The van der Waals surface area contributed by atoms with E-state index >= 15 is 0 Å². The SMILES string of the molecule is CC(Cc1ccc(C(C)C)cc1)NC(=O)C1CNC1. The van der Waals surface area contributed by atoms with Crippen LogP contribution in [0.1, 0.15) is 37.8 Å². The summed E-state index contributed by atoms with van der Waals surface area (Å²) >= 11 is 0. The molecule has 1 aromatic carbocycles. The van der Waals surface area contributed by atoms with Gasteiger partial charge in [-0.2, -0.15) is 0 Å². The standard InChI is InChI=1S/C16H24N2O/c1-11(2)14-6-4-13(5-7-14)8-12(3)18-16(19)15-9-17-10-15/h4-7,11-12,15,17H,8-10H2,1-3H3,(H,18,19). The van der Waals surface area contributed by atoms with Gasteiger partial charge in [-0.1, -0.05) is 38.1 Å². The summed E-state index contributed by atoms with van der Waals surface area (Å²) in [6, 6.07) is 8.90. The van der Waals surface area contributed by atoms with Crippen molar-refractivity contribution in [2.45, 2.75) is 39.2 Å². The first-order valence-corrected chi connectivity index (χ1v) is 7.16. The number of rotatable bonds is 5. The van der Waals surface area contributed by atoms with E-state index in [2.05, 4.69) is 55.7 Å². The highest BCUT2D eigenvalue weighted by Crippen LogP contribution is 2.15. The minimum atomic E-state index is 0.172. The van der Waals surface area contributed by atoms with Crippen LogP contribution in [0.5, 0.6) is 0 Å². The molecule has 1 unspecified atom stereocenters. The Balaban J connectivity index is 1.84. The first-order chi connectivity index (χ1) is 9.06. The van der Waals surface area contributed by atoms with Crippen molar-refractivity contribution in [1.82, 2.24) is 10.6 Å². The van der Waals surface area contributed by atoms with Gasteiger partial charge in [-0.25, -0.2) is 0 Å². The van der Waals surface area contributed by atoms with Crippen LogP contribution in [0, 0.1) is 5.92 Å². The van der Waals surface area contributed by atoms with Crippen LogP contribution in [0.25, 0.3) is 0 Å². The lowest BCUT2D eigenvalue weighted by atomic mass is 9.98. The van der Waals surface area contributed by atoms with E-state index in [0.717, 1.165) is 19.5 Å². The van der Waals surface area contributed by atoms with Crippen LogP contribution in [0.3, 0.4) is 0 Å². The fraction of sp³-hybridized carbons (Fsp3) is 0.562. The van der Waals surface area contributed by atoms with E-state index in [1.54, 1.807) is 0 Å². The second kappa shape index (κ2) is 6.20. The number of nitrogens with one attached hydrogen (secondary N) is 2. The van der Waals surface area contributed by atoms with Gasteiger partial charge in [0.15, 0.2) is 0 Å². The van der Waals surface area contributed by atoms with Gasteiger partial charge in [-0.05, 0) is 30.4 Å². The summed E-state index contributed by atoms with van der Waals surface area (Å²) in [6.07, 6.45) is 0.893. The molecule has 1 saturated heterocycles. The Morgan fingerprint density at radius 2 is 1.89 bits per heavy atom. The molecule has 1 aliphatic rings. The zero-order valence-electron chi connectivity index (χ0n) is 12.1. The van der Waals surface area contributed by atoms with Gasteiger partial charge >= 0.3 is 0 Å². The molecule has 1 fully saturated rings. The number of carbonyl (C=O) groups is 1. The molecule has 1 atom stereocenters. The van der Waals surface area contributed by atoms with E-state index in [0.29, 0.717) is 5.92 Å². The third-order valence-electron chi connectivity index (χ3n) is 3.73. The lowest BCUT2D eigenvalue weighted by Crippen LogP contribution is -2.52. The zero-order chi connectivity index (χ0) is 13.8. The molecule has 3 heteroatoms. The number of hydrogen-bond donors (Lipinski definition) is 2. The zero-order valence-corrected chi connectivity index (χ0v) is 12.1. The third-order valence-corrected chi connectivity index (χ3v) is 3.73. The summed E-state index contributed by atoms with van der Waals surface area (Å²) in [6.45, 7) is 8.11. The molecule has 0 radical (unpaired) electrons. The normalized spacial score (nSPS) is 17.1. The van der Waals surface area contributed by atoms with E-state index in [-0.39, 0.29) is 17.9 Å². The van der Waals surface area contributed by atoms with Crippen LogP contribution in [-0.2, 0) is 11.2 Å². The first kappa shape index (κ1) is 14.1. The topological polar surface area (TPSA) is 41.1 Å². The average molecular weight is 260 g/mol. The molecule has 1 heterocycles. The molecule has 2 rings (SSSR count). The van der Waals surface area contributed by atoms with Gasteiger partial charge in [0, 0.05) is 19.1 Å². The average Bonchev–Trinajstić information content (AvgIpc) is 2.26. The van der Waals surface area contributed by atoms with Gasteiger partial charge in [0.1, 0.15) is 0 Å². The highest BCUT2D eigenvalue weighted by molar-refractivity contribution is 5.80. The maximum atomic E-state index is 11.8. The lowest BCUT2D eigenvalue weighted by Gasteiger charge is -2.27.